The molecule has 2 aromatic heterocycles. The van der Waals surface area contributed by atoms with Crippen LogP contribution in [-0.4, -0.2) is 51.1 Å². The van der Waals surface area contributed by atoms with Gasteiger partial charge in [-0.1, -0.05) is 48.5 Å². The number of pyridine rings is 1. The molecule has 7 rings (SSSR count). The average Bonchev–Trinajstić information content (AvgIpc) is 3.74. The van der Waals surface area contributed by atoms with E-state index in [1.165, 1.54) is 0 Å². The SMILES string of the molecule is O=C(N[C@H]1N=C(c2ccccc2)c2ccccc2NC1=O)c1nn2c(c1-c1ccc(NC3CC3)nc1F)OCCC2. The van der Waals surface area contributed by atoms with Gasteiger partial charge >= 0.3 is 0 Å². The van der Waals surface area contributed by atoms with Gasteiger partial charge in [0.15, 0.2) is 5.69 Å². The summed E-state index contributed by atoms with van der Waals surface area (Å²) in [5.41, 5.74) is 2.85. The van der Waals surface area contributed by atoms with Crippen LogP contribution >= 0.6 is 0 Å². The third kappa shape index (κ3) is 4.79. The van der Waals surface area contributed by atoms with E-state index in [0.717, 1.165) is 24.0 Å². The van der Waals surface area contributed by atoms with Gasteiger partial charge in [-0.2, -0.15) is 9.49 Å². The molecule has 1 aliphatic carbocycles. The second-order valence-corrected chi connectivity index (χ2v) is 10.2. The van der Waals surface area contributed by atoms with Gasteiger partial charge in [-0.3, -0.25) is 9.59 Å². The summed E-state index contributed by atoms with van der Waals surface area (Å²) in [6, 6.07) is 20.3. The van der Waals surface area contributed by atoms with E-state index in [-0.39, 0.29) is 22.7 Å². The topological polar surface area (TPSA) is 123 Å². The molecular weight excluding hydrogens is 525 g/mol. The fraction of sp³-hybridized carbons (Fsp3) is 0.233. The van der Waals surface area contributed by atoms with E-state index < -0.39 is 23.9 Å². The van der Waals surface area contributed by atoms with E-state index in [9.17, 15) is 9.59 Å². The van der Waals surface area contributed by atoms with Crippen molar-refractivity contribution in [1.82, 2.24) is 20.1 Å². The number of aliphatic imine (C=N–C) groups is 1. The zero-order chi connectivity index (χ0) is 27.9. The molecule has 0 unspecified atom stereocenters. The molecule has 2 aromatic carbocycles. The summed E-state index contributed by atoms with van der Waals surface area (Å²) in [5.74, 6) is -1.23. The zero-order valence-electron chi connectivity index (χ0n) is 21.9. The van der Waals surface area contributed by atoms with Gasteiger partial charge in [0.05, 0.1) is 23.6 Å². The van der Waals surface area contributed by atoms with Crippen LogP contribution in [0.3, 0.4) is 0 Å². The zero-order valence-corrected chi connectivity index (χ0v) is 21.9. The van der Waals surface area contributed by atoms with Gasteiger partial charge in [0.2, 0.25) is 18.0 Å². The number of fused-ring (bicyclic) bond motifs is 2. The van der Waals surface area contributed by atoms with Gasteiger partial charge in [0, 0.05) is 35.7 Å². The van der Waals surface area contributed by atoms with Gasteiger partial charge in [-0.25, -0.2) is 14.7 Å². The molecule has 1 atom stereocenters. The highest BCUT2D eigenvalue weighted by Gasteiger charge is 2.33. The van der Waals surface area contributed by atoms with Crippen molar-refractivity contribution in [3.8, 4) is 17.0 Å². The van der Waals surface area contributed by atoms with E-state index in [4.69, 9.17) is 9.73 Å². The Morgan fingerprint density at radius 1 is 1.02 bits per heavy atom. The van der Waals surface area contributed by atoms with Gasteiger partial charge < -0.3 is 20.7 Å². The largest absolute Gasteiger partial charge is 0.477 e. The number of anilines is 2. The maximum atomic E-state index is 15.4. The number of hydrogen-bond donors (Lipinski definition) is 3. The minimum atomic E-state index is -1.27. The number of benzene rings is 2. The Kier molecular flexibility index (Phi) is 6.18. The lowest BCUT2D eigenvalue weighted by atomic mass is 10.0. The number of amides is 2. The molecule has 0 radical (unpaired) electrons. The van der Waals surface area contributed by atoms with Crippen molar-refractivity contribution >= 4 is 29.0 Å². The Labute approximate surface area is 234 Å². The lowest BCUT2D eigenvalue weighted by Crippen LogP contribution is -2.42. The van der Waals surface area contributed by atoms with Crippen LogP contribution in [0.5, 0.6) is 5.88 Å². The first-order chi connectivity index (χ1) is 20.0. The van der Waals surface area contributed by atoms with Crippen LogP contribution < -0.4 is 20.7 Å². The number of halogens is 1. The molecule has 11 heteroatoms. The van der Waals surface area contributed by atoms with Crippen LogP contribution in [0.4, 0.5) is 15.9 Å². The highest BCUT2D eigenvalue weighted by atomic mass is 19.1. The van der Waals surface area contributed by atoms with E-state index in [2.05, 4.69) is 26.0 Å². The normalized spacial score (nSPS) is 17.7. The molecule has 0 spiro atoms. The highest BCUT2D eigenvalue weighted by Crippen LogP contribution is 2.37. The number of nitrogens with zero attached hydrogens (tertiary/aromatic N) is 4. The third-order valence-corrected chi connectivity index (χ3v) is 7.18. The van der Waals surface area contributed by atoms with E-state index in [0.29, 0.717) is 42.8 Å². The molecule has 4 aromatic rings. The molecule has 10 nitrogen and oxygen atoms in total. The van der Waals surface area contributed by atoms with Crippen LogP contribution in [0.25, 0.3) is 11.1 Å². The Balaban J connectivity index is 1.26. The van der Waals surface area contributed by atoms with Crippen LogP contribution in [0.1, 0.15) is 40.9 Å². The summed E-state index contributed by atoms with van der Waals surface area (Å²) < 4.78 is 22.8. The van der Waals surface area contributed by atoms with Crippen molar-refractivity contribution < 1.29 is 18.7 Å². The number of carbonyl (C=O) groups excluding carboxylic acids is 2. The van der Waals surface area contributed by atoms with Gasteiger partial charge in [0.25, 0.3) is 11.8 Å². The number of benzodiazepines with no additional fused rings is 1. The van der Waals surface area contributed by atoms with Crippen molar-refractivity contribution in [1.29, 1.82) is 0 Å². The predicted molar refractivity (Wildman–Crippen MR) is 151 cm³/mol. The molecule has 4 heterocycles. The van der Waals surface area contributed by atoms with Gasteiger partial charge in [-0.05, 0) is 31.0 Å². The first kappa shape index (κ1) is 24.9. The second kappa shape index (κ2) is 10.2. The Hall–Kier alpha value is -5.06. The van der Waals surface area contributed by atoms with Crippen LogP contribution in [0, 0.1) is 5.95 Å². The smallest absolute Gasteiger partial charge is 0.274 e. The molecule has 0 bridgehead atoms. The summed E-state index contributed by atoms with van der Waals surface area (Å²) >= 11 is 0. The molecule has 2 aliphatic heterocycles. The van der Waals surface area contributed by atoms with Crippen LogP contribution in [0.15, 0.2) is 71.7 Å². The summed E-state index contributed by atoms with van der Waals surface area (Å²) in [7, 11) is 0. The van der Waals surface area contributed by atoms with Crippen molar-refractivity contribution in [3.05, 3.63) is 89.5 Å². The Bertz CT molecular complexity index is 1700. The van der Waals surface area contributed by atoms with Crippen molar-refractivity contribution in [2.45, 2.75) is 38.0 Å². The fourth-order valence-electron chi connectivity index (χ4n) is 5.04. The molecule has 41 heavy (non-hydrogen) atoms. The average molecular weight is 552 g/mol. The lowest BCUT2D eigenvalue weighted by Gasteiger charge is -2.16. The van der Waals surface area contributed by atoms with E-state index in [1.807, 2.05) is 48.5 Å². The van der Waals surface area contributed by atoms with Crippen molar-refractivity contribution in [2.75, 3.05) is 17.2 Å². The van der Waals surface area contributed by atoms with Gasteiger partial charge in [-0.15, -0.1) is 0 Å². The molecular formula is C30H26FN7O3. The molecule has 3 N–H and O–H groups in total. The number of hydrogen-bond acceptors (Lipinski definition) is 7. The summed E-state index contributed by atoms with van der Waals surface area (Å²) in [4.78, 5) is 35.8. The maximum absolute atomic E-state index is 15.4. The minimum absolute atomic E-state index is 0.0727. The first-order valence-corrected chi connectivity index (χ1v) is 13.6. The maximum Gasteiger partial charge on any atom is 0.274 e. The predicted octanol–water partition coefficient (Wildman–Crippen LogP) is 3.99. The molecule has 0 saturated heterocycles. The number of nitrogens with one attached hydrogen (secondary N) is 3. The number of aryl methyl sites for hydroxylation is 1. The monoisotopic (exact) mass is 551 g/mol. The second-order valence-electron chi connectivity index (χ2n) is 10.2. The summed E-state index contributed by atoms with van der Waals surface area (Å²) in [6.07, 6.45) is 1.46. The quantitative estimate of drug-likeness (QED) is 0.312. The molecule has 1 fully saturated rings. The molecule has 1 saturated carbocycles. The lowest BCUT2D eigenvalue weighted by molar-refractivity contribution is -0.117. The van der Waals surface area contributed by atoms with Crippen LogP contribution in [-0.2, 0) is 11.3 Å². The Morgan fingerprint density at radius 3 is 2.63 bits per heavy atom. The number of ether oxygens (including phenoxy) is 1. The van der Waals surface area contributed by atoms with E-state index in [1.54, 1.807) is 22.9 Å². The third-order valence-electron chi connectivity index (χ3n) is 7.18. The standard InChI is InChI=1S/C30H26FN7O3/c31-26-20(13-14-22(34-26)32-18-11-12-18)23-25(37-38-15-6-16-41-30(23)38)28(39)36-27-29(40)33-21-10-5-4-9-19(21)24(35-27)17-7-2-1-3-8-17/h1-5,7-10,13-14,18,27H,6,11-12,15-16H2,(H,32,34)(H,33,40)(H,36,39)/t27-/m1/s1. The first-order valence-electron chi connectivity index (χ1n) is 13.6. The van der Waals surface area contributed by atoms with Crippen LogP contribution in [0.2, 0.25) is 0 Å². The number of carbonyl (C=O) groups is 2. The molecule has 3 aliphatic rings. The number of aromatic nitrogens is 3. The molecule has 2 amide bonds. The number of para-hydroxylation sites is 1. The van der Waals surface area contributed by atoms with E-state index >= 15 is 4.39 Å². The fourth-order valence-corrected chi connectivity index (χ4v) is 5.04. The van der Waals surface area contributed by atoms with Gasteiger partial charge in [0.1, 0.15) is 5.82 Å². The Morgan fingerprint density at radius 2 is 1.83 bits per heavy atom. The summed E-state index contributed by atoms with van der Waals surface area (Å²) in [6.45, 7) is 0.908. The highest BCUT2D eigenvalue weighted by molar-refractivity contribution is 6.20. The minimum Gasteiger partial charge on any atom is -0.477 e. The summed E-state index contributed by atoms with van der Waals surface area (Å²) in [5, 5.41) is 13.2. The van der Waals surface area contributed by atoms with Crippen molar-refractivity contribution in [2.24, 2.45) is 4.99 Å². The number of rotatable bonds is 6. The van der Waals surface area contributed by atoms with Crippen molar-refractivity contribution in [3.63, 3.8) is 0 Å². The molecule has 206 valence electrons.